The number of thiazole rings is 1. The third-order valence-electron chi connectivity index (χ3n) is 3.38. The number of hydrogen-bond acceptors (Lipinski definition) is 3. The molecular formula is C16H12Cl2N2OS2. The Kier molecular flexibility index (Phi) is 4.82. The number of halogens is 2. The summed E-state index contributed by atoms with van der Waals surface area (Å²) in [4.78, 5) is 18.3. The molecule has 0 aliphatic heterocycles. The van der Waals surface area contributed by atoms with E-state index in [1.54, 1.807) is 22.8 Å². The predicted octanol–water partition coefficient (Wildman–Crippen LogP) is 5.01. The number of carbonyl (C=O) groups excluding carboxylic acids is 1. The Bertz CT molecular complexity index is 976. The lowest BCUT2D eigenvalue weighted by Gasteiger charge is -2.02. The van der Waals surface area contributed by atoms with Gasteiger partial charge in [0, 0.05) is 11.9 Å². The van der Waals surface area contributed by atoms with Crippen molar-refractivity contribution in [1.29, 1.82) is 0 Å². The van der Waals surface area contributed by atoms with Crippen molar-refractivity contribution in [1.82, 2.24) is 4.57 Å². The van der Waals surface area contributed by atoms with Crippen molar-refractivity contribution in [2.24, 2.45) is 12.0 Å². The smallest absolute Gasteiger partial charge is 0.280 e. The molecule has 0 atom stereocenters. The second kappa shape index (κ2) is 6.69. The maximum absolute atomic E-state index is 12.5. The first-order chi connectivity index (χ1) is 11.0. The van der Waals surface area contributed by atoms with Crippen LogP contribution in [0.25, 0.3) is 10.2 Å². The quantitative estimate of drug-likeness (QED) is 0.583. The highest BCUT2D eigenvalue weighted by atomic mass is 35.5. The van der Waals surface area contributed by atoms with E-state index in [9.17, 15) is 4.79 Å². The van der Waals surface area contributed by atoms with E-state index >= 15 is 0 Å². The minimum Gasteiger partial charge on any atom is -0.318 e. The molecule has 0 unspecified atom stereocenters. The topological polar surface area (TPSA) is 34.4 Å². The monoisotopic (exact) mass is 382 g/mol. The Morgan fingerprint density at radius 1 is 1.17 bits per heavy atom. The van der Waals surface area contributed by atoms with Gasteiger partial charge in [-0.2, -0.15) is 4.99 Å². The molecule has 0 spiro atoms. The maximum Gasteiger partial charge on any atom is 0.280 e. The summed E-state index contributed by atoms with van der Waals surface area (Å²) in [5.74, 6) is -0.274. The molecule has 0 aliphatic carbocycles. The normalized spacial score (nSPS) is 12.1. The minimum absolute atomic E-state index is 0.274. The molecule has 2 aromatic carbocycles. The Morgan fingerprint density at radius 2 is 1.87 bits per heavy atom. The number of fused-ring (bicyclic) bond motifs is 1. The summed E-state index contributed by atoms with van der Waals surface area (Å²) in [7, 11) is 1.83. The molecule has 0 bridgehead atoms. The van der Waals surface area contributed by atoms with Crippen molar-refractivity contribution >= 4 is 62.4 Å². The van der Waals surface area contributed by atoms with Crippen molar-refractivity contribution in [3.05, 3.63) is 56.8 Å². The second-order valence-electron chi connectivity index (χ2n) is 4.77. The largest absolute Gasteiger partial charge is 0.318 e. The van der Waals surface area contributed by atoms with E-state index < -0.39 is 0 Å². The third kappa shape index (κ3) is 3.06. The van der Waals surface area contributed by atoms with Gasteiger partial charge in [-0.1, -0.05) is 46.7 Å². The average molecular weight is 383 g/mol. The van der Waals surface area contributed by atoms with Crippen molar-refractivity contribution in [3.8, 4) is 0 Å². The van der Waals surface area contributed by atoms with E-state index in [4.69, 9.17) is 23.2 Å². The molecule has 0 saturated carbocycles. The number of benzene rings is 2. The van der Waals surface area contributed by atoms with Crippen molar-refractivity contribution in [3.63, 3.8) is 0 Å². The zero-order valence-corrected chi connectivity index (χ0v) is 15.5. The number of rotatable bonds is 2. The molecule has 3 nitrogen and oxygen atoms in total. The Labute approximate surface area is 151 Å². The third-order valence-corrected chi connectivity index (χ3v) is 6.08. The van der Waals surface area contributed by atoms with Gasteiger partial charge in [-0.3, -0.25) is 4.79 Å². The number of carbonyl (C=O) groups is 1. The van der Waals surface area contributed by atoms with E-state index in [0.717, 1.165) is 15.1 Å². The first-order valence-electron chi connectivity index (χ1n) is 6.68. The summed E-state index contributed by atoms with van der Waals surface area (Å²) in [6.07, 6.45) is 1.94. The van der Waals surface area contributed by atoms with Crippen molar-refractivity contribution in [2.45, 2.75) is 4.90 Å². The number of thioether (sulfide) groups is 1. The molecule has 0 fully saturated rings. The first-order valence-corrected chi connectivity index (χ1v) is 9.48. The zero-order valence-electron chi connectivity index (χ0n) is 12.3. The Hall–Kier alpha value is -1.27. The number of hydrogen-bond donors (Lipinski definition) is 0. The summed E-state index contributed by atoms with van der Waals surface area (Å²) >= 11 is 15.3. The van der Waals surface area contributed by atoms with Gasteiger partial charge in [0.1, 0.15) is 0 Å². The fourth-order valence-corrected chi connectivity index (χ4v) is 4.50. The fourth-order valence-electron chi connectivity index (χ4n) is 2.25. The standard InChI is InChI=1S/C16H12Cl2N2OS2/c1-20-13-10(17)7-8-11(18)14(13)23-16(20)19-15(21)9-5-3-4-6-12(9)22-2/h3-8H,1-2H3. The highest BCUT2D eigenvalue weighted by molar-refractivity contribution is 7.98. The molecule has 23 heavy (non-hydrogen) atoms. The van der Waals surface area contributed by atoms with Crippen LogP contribution in [0.2, 0.25) is 10.0 Å². The summed E-state index contributed by atoms with van der Waals surface area (Å²) in [5.41, 5.74) is 1.38. The van der Waals surface area contributed by atoms with Gasteiger partial charge in [0.15, 0.2) is 4.80 Å². The van der Waals surface area contributed by atoms with E-state index in [2.05, 4.69) is 4.99 Å². The van der Waals surface area contributed by atoms with Crippen LogP contribution in [0.15, 0.2) is 46.3 Å². The average Bonchev–Trinajstić information content (AvgIpc) is 2.89. The SMILES string of the molecule is CSc1ccccc1C(=O)N=c1sc2c(Cl)ccc(Cl)c2n1C. The molecule has 7 heteroatoms. The highest BCUT2D eigenvalue weighted by Crippen LogP contribution is 2.31. The molecule has 3 rings (SSSR count). The molecule has 1 amide bonds. The molecular weight excluding hydrogens is 371 g/mol. The van der Waals surface area contributed by atoms with E-state index in [1.807, 2.05) is 31.5 Å². The lowest BCUT2D eigenvalue weighted by Crippen LogP contribution is -2.13. The number of aryl methyl sites for hydroxylation is 1. The van der Waals surface area contributed by atoms with Gasteiger partial charge >= 0.3 is 0 Å². The number of amides is 1. The van der Waals surface area contributed by atoms with Gasteiger partial charge in [0.2, 0.25) is 0 Å². The lowest BCUT2D eigenvalue weighted by molar-refractivity contribution is 0.0995. The predicted molar refractivity (Wildman–Crippen MR) is 98.9 cm³/mol. The van der Waals surface area contributed by atoms with Crippen LogP contribution in [0.3, 0.4) is 0 Å². The van der Waals surface area contributed by atoms with Gasteiger partial charge in [0.05, 0.1) is 25.8 Å². The molecule has 0 radical (unpaired) electrons. The van der Waals surface area contributed by atoms with Crippen LogP contribution in [0, 0.1) is 0 Å². The van der Waals surface area contributed by atoms with Gasteiger partial charge in [-0.05, 0) is 30.5 Å². The number of aromatic nitrogens is 1. The van der Waals surface area contributed by atoms with E-state index in [0.29, 0.717) is 20.4 Å². The van der Waals surface area contributed by atoms with Crippen LogP contribution in [-0.2, 0) is 7.05 Å². The molecule has 3 aromatic rings. The molecule has 1 aromatic heterocycles. The van der Waals surface area contributed by atoms with Gasteiger partial charge in [-0.15, -0.1) is 11.8 Å². The first kappa shape index (κ1) is 16.6. The van der Waals surface area contributed by atoms with Crippen LogP contribution in [0.4, 0.5) is 0 Å². The Balaban J connectivity index is 2.19. The summed E-state index contributed by atoms with van der Waals surface area (Å²) in [5, 5.41) is 1.19. The second-order valence-corrected chi connectivity index (χ2v) is 7.41. The highest BCUT2D eigenvalue weighted by Gasteiger charge is 2.13. The summed E-state index contributed by atoms with van der Waals surface area (Å²) in [6.45, 7) is 0. The van der Waals surface area contributed by atoms with Gasteiger partial charge < -0.3 is 4.57 Å². The molecule has 1 heterocycles. The molecule has 0 N–H and O–H groups in total. The zero-order chi connectivity index (χ0) is 16.6. The van der Waals surface area contributed by atoms with E-state index in [1.165, 1.54) is 23.1 Å². The van der Waals surface area contributed by atoms with Crippen LogP contribution >= 0.6 is 46.3 Å². The van der Waals surface area contributed by atoms with Gasteiger partial charge in [0.25, 0.3) is 5.91 Å². The maximum atomic E-state index is 12.5. The molecule has 118 valence electrons. The van der Waals surface area contributed by atoms with E-state index in [-0.39, 0.29) is 5.91 Å². The Morgan fingerprint density at radius 3 is 2.57 bits per heavy atom. The van der Waals surface area contributed by atoms with Crippen LogP contribution in [0.5, 0.6) is 0 Å². The summed E-state index contributed by atoms with van der Waals surface area (Å²) < 4.78 is 2.62. The number of nitrogens with zero attached hydrogens (tertiary/aromatic N) is 2. The van der Waals surface area contributed by atoms with Crippen molar-refractivity contribution < 1.29 is 4.79 Å². The minimum atomic E-state index is -0.274. The fraction of sp³-hybridized carbons (Fsp3) is 0.125. The summed E-state index contributed by atoms with van der Waals surface area (Å²) in [6, 6.07) is 10.9. The molecule has 0 aliphatic rings. The lowest BCUT2D eigenvalue weighted by atomic mass is 10.2. The van der Waals surface area contributed by atoms with Crippen molar-refractivity contribution in [2.75, 3.05) is 6.26 Å². The van der Waals surface area contributed by atoms with Gasteiger partial charge in [-0.25, -0.2) is 0 Å². The molecule has 0 saturated heterocycles. The van der Waals surface area contributed by atoms with Crippen LogP contribution in [-0.4, -0.2) is 16.7 Å². The van der Waals surface area contributed by atoms with Crippen LogP contribution in [0.1, 0.15) is 10.4 Å². The van der Waals surface area contributed by atoms with Crippen LogP contribution < -0.4 is 4.80 Å².